The zero-order valence-corrected chi connectivity index (χ0v) is 23.5. The summed E-state index contributed by atoms with van der Waals surface area (Å²) in [7, 11) is 0. The van der Waals surface area contributed by atoms with E-state index in [2.05, 4.69) is 39.8 Å². The predicted molar refractivity (Wildman–Crippen MR) is 153 cm³/mol. The van der Waals surface area contributed by atoms with Crippen LogP contribution in [0, 0.1) is 0 Å². The lowest BCUT2D eigenvalue weighted by atomic mass is 9.93. The van der Waals surface area contributed by atoms with Crippen LogP contribution < -0.4 is 21.7 Å². The Bertz CT molecular complexity index is 1400. The van der Waals surface area contributed by atoms with Crippen molar-refractivity contribution in [1.29, 1.82) is 0 Å². The van der Waals surface area contributed by atoms with Gasteiger partial charge in [0, 0.05) is 17.8 Å². The van der Waals surface area contributed by atoms with Gasteiger partial charge >= 0.3 is 0 Å². The summed E-state index contributed by atoms with van der Waals surface area (Å²) in [5.41, 5.74) is 8.17. The molecule has 0 spiro atoms. The van der Waals surface area contributed by atoms with Crippen LogP contribution in [0.1, 0.15) is 80.3 Å². The Balaban J connectivity index is 1.38. The molecule has 2 atom stereocenters. The highest BCUT2D eigenvalue weighted by Crippen LogP contribution is 2.29. The molecule has 10 heteroatoms. The van der Waals surface area contributed by atoms with Crippen LogP contribution in [0.5, 0.6) is 0 Å². The Morgan fingerprint density at radius 1 is 0.921 bits per heavy atom. The van der Waals surface area contributed by atoms with Crippen molar-refractivity contribution in [3.05, 3.63) is 97.9 Å². The Hall–Kier alpha value is -3.44. The van der Waals surface area contributed by atoms with E-state index >= 15 is 0 Å². The highest BCUT2D eigenvalue weighted by atomic mass is 32.1. The summed E-state index contributed by atoms with van der Waals surface area (Å²) in [5.74, 6) is -0.354. The van der Waals surface area contributed by atoms with Crippen LogP contribution in [0.25, 0.3) is 0 Å². The van der Waals surface area contributed by atoms with E-state index in [1.165, 1.54) is 22.7 Å². The molecule has 38 heavy (non-hydrogen) atoms. The van der Waals surface area contributed by atoms with E-state index in [0.29, 0.717) is 22.0 Å². The number of nitrogens with two attached hydrogens (primary N) is 1. The largest absolute Gasteiger partial charge is 0.347 e. The maximum absolute atomic E-state index is 12.7. The average Bonchev–Trinajstić information content (AvgIpc) is 3.59. The average molecular weight is 549 g/mol. The number of rotatable bonds is 10. The van der Waals surface area contributed by atoms with Gasteiger partial charge in [-0.25, -0.2) is 9.97 Å². The molecule has 5 N–H and O–H groups in total. The number of nitrogens with zero attached hydrogens (tertiary/aromatic N) is 2. The molecule has 2 aromatic carbocycles. The van der Waals surface area contributed by atoms with E-state index in [9.17, 15) is 9.59 Å². The summed E-state index contributed by atoms with van der Waals surface area (Å²) in [4.78, 5) is 35.2. The second kappa shape index (κ2) is 12.0. The predicted octanol–water partition coefficient (Wildman–Crippen LogP) is 5.39. The zero-order chi connectivity index (χ0) is 27.3. The van der Waals surface area contributed by atoms with Gasteiger partial charge in [-0.3, -0.25) is 14.9 Å². The van der Waals surface area contributed by atoms with Gasteiger partial charge in [0.25, 0.3) is 11.8 Å². The third-order valence-electron chi connectivity index (χ3n) is 5.97. The van der Waals surface area contributed by atoms with Crippen molar-refractivity contribution >= 4 is 40.2 Å². The maximum Gasteiger partial charge on any atom is 0.267 e. The van der Waals surface area contributed by atoms with Crippen molar-refractivity contribution in [2.45, 2.75) is 51.9 Å². The number of carbonyl (C=O) groups is 2. The van der Waals surface area contributed by atoms with Gasteiger partial charge in [-0.1, -0.05) is 42.5 Å². The minimum absolute atomic E-state index is 0.0993. The van der Waals surface area contributed by atoms with Crippen LogP contribution >= 0.6 is 22.7 Å². The van der Waals surface area contributed by atoms with Gasteiger partial charge in [0.15, 0.2) is 0 Å². The fourth-order valence-corrected chi connectivity index (χ4v) is 5.53. The molecule has 198 valence electrons. The van der Waals surface area contributed by atoms with Crippen LogP contribution in [0.15, 0.2) is 67.0 Å². The Morgan fingerprint density at radius 2 is 1.58 bits per heavy atom. The second-order valence-electron chi connectivity index (χ2n) is 9.61. The standard InChI is InChI=1S/C28H32N6O2S2/c1-17(29)26-31-16-23(37-26)25(36)33-21-12-8-11-20(13-21)28(3,4)34-18(2)27-32-15-22(38-27)24(35)30-14-19-9-6-5-7-10-19/h5-13,15-18,34H,14,29H2,1-4H3,(H,30,35)(H,33,36). The number of carbonyl (C=O) groups excluding carboxylic acids is 2. The Kier molecular flexibility index (Phi) is 8.68. The van der Waals surface area contributed by atoms with Crippen molar-refractivity contribution in [1.82, 2.24) is 20.6 Å². The van der Waals surface area contributed by atoms with E-state index in [4.69, 9.17) is 5.73 Å². The van der Waals surface area contributed by atoms with Crippen LogP contribution in [-0.4, -0.2) is 21.8 Å². The number of benzene rings is 2. The quantitative estimate of drug-likeness (QED) is 0.211. The normalized spacial score (nSPS) is 13.1. The van der Waals surface area contributed by atoms with E-state index in [1.807, 2.05) is 68.4 Å². The van der Waals surface area contributed by atoms with Crippen LogP contribution in [0.4, 0.5) is 5.69 Å². The molecule has 0 saturated heterocycles. The molecular weight excluding hydrogens is 516 g/mol. The molecule has 0 aliphatic carbocycles. The summed E-state index contributed by atoms with van der Waals surface area (Å²) in [6.45, 7) is 8.48. The summed E-state index contributed by atoms with van der Waals surface area (Å²) < 4.78 is 0. The lowest BCUT2D eigenvalue weighted by Gasteiger charge is -2.30. The first-order valence-electron chi connectivity index (χ1n) is 12.3. The fourth-order valence-electron chi connectivity index (χ4n) is 3.93. The van der Waals surface area contributed by atoms with E-state index < -0.39 is 5.54 Å². The van der Waals surface area contributed by atoms with Crippen molar-refractivity contribution in [3.63, 3.8) is 0 Å². The van der Waals surface area contributed by atoms with Crippen LogP contribution in [0.3, 0.4) is 0 Å². The molecule has 0 radical (unpaired) electrons. The molecule has 2 unspecified atom stereocenters. The first-order valence-corrected chi connectivity index (χ1v) is 13.9. The summed E-state index contributed by atoms with van der Waals surface area (Å²) in [5, 5.41) is 11.1. The molecule has 0 aliphatic heterocycles. The smallest absolute Gasteiger partial charge is 0.267 e. The minimum atomic E-state index is -0.436. The molecule has 4 rings (SSSR count). The third-order valence-corrected chi connectivity index (χ3v) is 8.35. The lowest BCUT2D eigenvalue weighted by molar-refractivity contribution is 0.0954. The number of thiazole rings is 2. The van der Waals surface area contributed by atoms with Crippen molar-refractivity contribution in [2.24, 2.45) is 5.73 Å². The topological polar surface area (TPSA) is 122 Å². The first-order chi connectivity index (χ1) is 18.1. The number of anilines is 1. The van der Waals surface area contributed by atoms with E-state index in [1.54, 1.807) is 12.4 Å². The van der Waals surface area contributed by atoms with Gasteiger partial charge in [-0.2, -0.15) is 0 Å². The molecule has 8 nitrogen and oxygen atoms in total. The Morgan fingerprint density at radius 3 is 2.26 bits per heavy atom. The maximum atomic E-state index is 12.7. The molecule has 0 saturated carbocycles. The van der Waals surface area contributed by atoms with E-state index in [0.717, 1.165) is 21.1 Å². The monoisotopic (exact) mass is 548 g/mol. The number of hydrogen-bond donors (Lipinski definition) is 4. The second-order valence-corrected chi connectivity index (χ2v) is 11.7. The zero-order valence-electron chi connectivity index (χ0n) is 21.8. The SMILES string of the molecule is CC(N)c1ncc(C(=O)Nc2cccc(C(C)(C)NC(C)c3ncc(C(=O)NCc4ccccc4)s3)c2)s1. The third kappa shape index (κ3) is 6.90. The highest BCUT2D eigenvalue weighted by molar-refractivity contribution is 7.14. The number of amides is 2. The van der Waals surface area contributed by atoms with Crippen LogP contribution in [0.2, 0.25) is 0 Å². The van der Waals surface area contributed by atoms with Crippen molar-refractivity contribution in [2.75, 3.05) is 5.32 Å². The number of hydrogen-bond acceptors (Lipinski definition) is 8. The lowest BCUT2D eigenvalue weighted by Crippen LogP contribution is -2.38. The molecule has 0 aliphatic rings. The highest BCUT2D eigenvalue weighted by Gasteiger charge is 2.25. The fraction of sp³-hybridized carbons (Fsp3) is 0.286. The molecule has 4 aromatic rings. The number of aromatic nitrogens is 2. The van der Waals surface area contributed by atoms with Gasteiger partial charge < -0.3 is 16.4 Å². The van der Waals surface area contributed by atoms with Gasteiger partial charge in [-0.05, 0) is 51.0 Å². The first kappa shape index (κ1) is 27.6. The summed E-state index contributed by atoms with van der Waals surface area (Å²) >= 11 is 2.67. The molecular formula is C28H32N6O2S2. The van der Waals surface area contributed by atoms with Crippen LogP contribution in [-0.2, 0) is 12.1 Å². The van der Waals surface area contributed by atoms with Gasteiger partial charge in [0.2, 0.25) is 0 Å². The minimum Gasteiger partial charge on any atom is -0.347 e. The summed E-state index contributed by atoms with van der Waals surface area (Å²) in [6, 6.07) is 17.2. The van der Waals surface area contributed by atoms with Crippen molar-refractivity contribution in [3.8, 4) is 0 Å². The van der Waals surface area contributed by atoms with E-state index in [-0.39, 0.29) is 23.9 Å². The molecule has 0 fully saturated rings. The molecule has 2 amide bonds. The number of nitrogens with one attached hydrogen (secondary N) is 3. The van der Waals surface area contributed by atoms with Gasteiger partial charge in [0.1, 0.15) is 19.8 Å². The van der Waals surface area contributed by atoms with Gasteiger partial charge in [-0.15, -0.1) is 22.7 Å². The van der Waals surface area contributed by atoms with Gasteiger partial charge in [0.05, 0.1) is 24.5 Å². The molecule has 2 heterocycles. The Labute approximate surface area is 230 Å². The van der Waals surface area contributed by atoms with Crippen molar-refractivity contribution < 1.29 is 9.59 Å². The summed E-state index contributed by atoms with van der Waals surface area (Å²) in [6.07, 6.45) is 3.18. The molecule has 0 bridgehead atoms. The molecule has 2 aromatic heterocycles.